The standard InChI is InChI=1S/C11H16ClN/c1-9-4-3-5-11(6-9)8-13-7-10(2)12/h3-6,10,13H,7-8H2,1-2H3. The van der Waals surface area contributed by atoms with Crippen molar-refractivity contribution in [2.45, 2.75) is 25.8 Å². The van der Waals surface area contributed by atoms with Crippen LogP contribution in [0.1, 0.15) is 18.1 Å². The average Bonchev–Trinajstić information content (AvgIpc) is 2.03. The van der Waals surface area contributed by atoms with Crippen LogP contribution >= 0.6 is 11.6 Å². The average molecular weight is 198 g/mol. The van der Waals surface area contributed by atoms with Crippen LogP contribution in [0.5, 0.6) is 0 Å². The van der Waals surface area contributed by atoms with Crippen LogP contribution in [0.3, 0.4) is 0 Å². The minimum absolute atomic E-state index is 0.199. The highest BCUT2D eigenvalue weighted by molar-refractivity contribution is 6.20. The minimum atomic E-state index is 0.199. The summed E-state index contributed by atoms with van der Waals surface area (Å²) in [5.41, 5.74) is 2.62. The van der Waals surface area contributed by atoms with Gasteiger partial charge in [-0.05, 0) is 19.4 Å². The first-order chi connectivity index (χ1) is 6.18. The van der Waals surface area contributed by atoms with Gasteiger partial charge in [-0.25, -0.2) is 0 Å². The summed E-state index contributed by atoms with van der Waals surface area (Å²) in [5, 5.41) is 3.50. The fraction of sp³-hybridized carbons (Fsp3) is 0.455. The van der Waals surface area contributed by atoms with Gasteiger partial charge in [0.2, 0.25) is 0 Å². The number of alkyl halides is 1. The summed E-state index contributed by atoms with van der Waals surface area (Å²) >= 11 is 5.81. The lowest BCUT2D eigenvalue weighted by Crippen LogP contribution is -2.20. The van der Waals surface area contributed by atoms with E-state index in [0.717, 1.165) is 13.1 Å². The predicted octanol–water partition coefficient (Wildman–Crippen LogP) is 2.71. The fourth-order valence-corrected chi connectivity index (χ4v) is 1.35. The van der Waals surface area contributed by atoms with E-state index in [0.29, 0.717) is 0 Å². The third kappa shape index (κ3) is 4.30. The van der Waals surface area contributed by atoms with E-state index in [1.165, 1.54) is 11.1 Å². The SMILES string of the molecule is Cc1cccc(CNCC(C)Cl)c1. The van der Waals surface area contributed by atoms with E-state index in [1.807, 2.05) is 6.92 Å². The smallest absolute Gasteiger partial charge is 0.0432 e. The molecule has 0 heterocycles. The summed E-state index contributed by atoms with van der Waals surface area (Å²) in [5.74, 6) is 0. The van der Waals surface area contributed by atoms with Gasteiger partial charge in [-0.2, -0.15) is 0 Å². The normalized spacial score (nSPS) is 12.8. The van der Waals surface area contributed by atoms with Crippen molar-refractivity contribution < 1.29 is 0 Å². The second-order valence-corrected chi connectivity index (χ2v) is 4.15. The molecule has 0 radical (unpaired) electrons. The zero-order chi connectivity index (χ0) is 9.68. The maximum Gasteiger partial charge on any atom is 0.0432 e. The molecule has 0 aliphatic rings. The summed E-state index contributed by atoms with van der Waals surface area (Å²) in [6, 6.07) is 8.49. The molecule has 1 nitrogen and oxygen atoms in total. The predicted molar refractivity (Wildman–Crippen MR) is 58.2 cm³/mol. The van der Waals surface area contributed by atoms with Crippen molar-refractivity contribution in [3.05, 3.63) is 35.4 Å². The molecule has 0 amide bonds. The van der Waals surface area contributed by atoms with E-state index >= 15 is 0 Å². The molecule has 0 spiro atoms. The second-order valence-electron chi connectivity index (χ2n) is 3.40. The molecule has 0 aromatic heterocycles. The van der Waals surface area contributed by atoms with Crippen molar-refractivity contribution in [2.24, 2.45) is 0 Å². The Balaban J connectivity index is 2.37. The first kappa shape index (κ1) is 10.6. The fourth-order valence-electron chi connectivity index (χ4n) is 1.24. The van der Waals surface area contributed by atoms with Crippen LogP contribution in [0.2, 0.25) is 0 Å². The third-order valence-electron chi connectivity index (χ3n) is 1.84. The number of rotatable bonds is 4. The molecule has 1 atom stereocenters. The Morgan fingerprint density at radius 3 is 2.85 bits per heavy atom. The van der Waals surface area contributed by atoms with Crippen molar-refractivity contribution >= 4 is 11.6 Å². The molecule has 72 valence electrons. The van der Waals surface area contributed by atoms with Crippen molar-refractivity contribution in [3.8, 4) is 0 Å². The number of nitrogens with one attached hydrogen (secondary N) is 1. The highest BCUT2D eigenvalue weighted by atomic mass is 35.5. The maximum atomic E-state index is 5.81. The molecular weight excluding hydrogens is 182 g/mol. The van der Waals surface area contributed by atoms with Crippen molar-refractivity contribution in [1.29, 1.82) is 0 Å². The largest absolute Gasteiger partial charge is 0.311 e. The van der Waals surface area contributed by atoms with Gasteiger partial charge < -0.3 is 5.32 Å². The number of halogens is 1. The molecule has 1 rings (SSSR count). The Kier molecular flexibility index (Phi) is 4.26. The Labute approximate surface area is 85.1 Å². The lowest BCUT2D eigenvalue weighted by molar-refractivity contribution is 0.680. The molecule has 13 heavy (non-hydrogen) atoms. The van der Waals surface area contributed by atoms with E-state index in [4.69, 9.17) is 11.6 Å². The van der Waals surface area contributed by atoms with Crippen LogP contribution in [0.15, 0.2) is 24.3 Å². The van der Waals surface area contributed by atoms with E-state index < -0.39 is 0 Å². The Morgan fingerprint density at radius 2 is 2.23 bits per heavy atom. The third-order valence-corrected chi connectivity index (χ3v) is 1.99. The van der Waals surface area contributed by atoms with Gasteiger partial charge in [-0.15, -0.1) is 11.6 Å². The quantitative estimate of drug-likeness (QED) is 0.732. The number of aryl methyl sites for hydroxylation is 1. The first-order valence-corrected chi connectivity index (χ1v) is 5.02. The van der Waals surface area contributed by atoms with Crippen LogP contribution < -0.4 is 5.32 Å². The molecule has 0 aliphatic heterocycles. The number of benzene rings is 1. The van der Waals surface area contributed by atoms with E-state index in [2.05, 4.69) is 36.5 Å². The molecule has 0 saturated heterocycles. The van der Waals surface area contributed by atoms with E-state index in [-0.39, 0.29) is 5.38 Å². The Morgan fingerprint density at radius 1 is 1.46 bits per heavy atom. The topological polar surface area (TPSA) is 12.0 Å². The zero-order valence-corrected chi connectivity index (χ0v) is 8.93. The van der Waals surface area contributed by atoms with Gasteiger partial charge in [0.1, 0.15) is 0 Å². The highest BCUT2D eigenvalue weighted by Crippen LogP contribution is 2.03. The first-order valence-electron chi connectivity index (χ1n) is 4.59. The van der Waals surface area contributed by atoms with Crippen molar-refractivity contribution in [3.63, 3.8) is 0 Å². The number of hydrogen-bond acceptors (Lipinski definition) is 1. The van der Waals surface area contributed by atoms with Gasteiger partial charge in [-0.1, -0.05) is 29.8 Å². The van der Waals surface area contributed by atoms with Crippen molar-refractivity contribution in [2.75, 3.05) is 6.54 Å². The molecule has 1 N–H and O–H groups in total. The molecule has 1 aromatic carbocycles. The molecule has 0 fully saturated rings. The molecular formula is C11H16ClN. The van der Waals surface area contributed by atoms with Gasteiger partial charge in [0, 0.05) is 18.5 Å². The van der Waals surface area contributed by atoms with Gasteiger partial charge in [0.15, 0.2) is 0 Å². The van der Waals surface area contributed by atoms with Crippen LogP contribution in [-0.4, -0.2) is 11.9 Å². The molecule has 0 aliphatic carbocycles. The highest BCUT2D eigenvalue weighted by Gasteiger charge is 1.95. The monoisotopic (exact) mass is 197 g/mol. The van der Waals surface area contributed by atoms with Gasteiger partial charge in [-0.3, -0.25) is 0 Å². The second kappa shape index (κ2) is 5.25. The van der Waals surface area contributed by atoms with Crippen LogP contribution in [0.4, 0.5) is 0 Å². The summed E-state index contributed by atoms with van der Waals surface area (Å²) in [7, 11) is 0. The van der Waals surface area contributed by atoms with E-state index in [1.54, 1.807) is 0 Å². The summed E-state index contributed by atoms with van der Waals surface area (Å²) in [6.07, 6.45) is 0. The van der Waals surface area contributed by atoms with E-state index in [9.17, 15) is 0 Å². The number of hydrogen-bond donors (Lipinski definition) is 1. The van der Waals surface area contributed by atoms with Crippen LogP contribution in [-0.2, 0) is 6.54 Å². The maximum absolute atomic E-state index is 5.81. The zero-order valence-electron chi connectivity index (χ0n) is 8.18. The Hall–Kier alpha value is -0.530. The lowest BCUT2D eigenvalue weighted by atomic mass is 10.1. The molecule has 1 aromatic rings. The summed E-state index contributed by atoms with van der Waals surface area (Å²) < 4.78 is 0. The minimum Gasteiger partial charge on any atom is -0.311 e. The molecule has 2 heteroatoms. The molecule has 1 unspecified atom stereocenters. The van der Waals surface area contributed by atoms with Crippen LogP contribution in [0, 0.1) is 6.92 Å². The van der Waals surface area contributed by atoms with Gasteiger partial charge >= 0.3 is 0 Å². The lowest BCUT2D eigenvalue weighted by Gasteiger charge is -2.06. The summed E-state index contributed by atoms with van der Waals surface area (Å²) in [6.45, 7) is 5.85. The molecule has 0 bridgehead atoms. The Bertz CT molecular complexity index is 258. The van der Waals surface area contributed by atoms with Crippen molar-refractivity contribution in [1.82, 2.24) is 5.32 Å². The van der Waals surface area contributed by atoms with Gasteiger partial charge in [0.05, 0.1) is 0 Å². The summed E-state index contributed by atoms with van der Waals surface area (Å²) in [4.78, 5) is 0. The van der Waals surface area contributed by atoms with Crippen LogP contribution in [0.25, 0.3) is 0 Å². The van der Waals surface area contributed by atoms with Gasteiger partial charge in [0.25, 0.3) is 0 Å². The molecule has 0 saturated carbocycles.